The van der Waals surface area contributed by atoms with Gasteiger partial charge in [-0.15, -0.1) is 11.8 Å². The average Bonchev–Trinajstić information content (AvgIpc) is 2.72. The standard InChI is InChI=1S/C18H19NO3S/c1-11-4-6-14-13(8-11)18(23-10-17(20)19-14)12-5-7-15(21-2)16(9-12)22-3/h4-9,18H,10H2,1-3H3,(H,19,20). The van der Waals surface area contributed by atoms with Crippen molar-refractivity contribution in [2.75, 3.05) is 25.3 Å². The number of rotatable bonds is 3. The lowest BCUT2D eigenvalue weighted by atomic mass is 10.00. The fraction of sp³-hybridized carbons (Fsp3) is 0.278. The van der Waals surface area contributed by atoms with Crippen LogP contribution < -0.4 is 14.8 Å². The second-order valence-electron chi connectivity index (χ2n) is 5.44. The molecule has 1 heterocycles. The van der Waals surface area contributed by atoms with Gasteiger partial charge in [0.15, 0.2) is 11.5 Å². The first-order chi connectivity index (χ1) is 11.1. The predicted molar refractivity (Wildman–Crippen MR) is 93.7 cm³/mol. The zero-order chi connectivity index (χ0) is 16.4. The van der Waals surface area contributed by atoms with Crippen LogP contribution in [0.25, 0.3) is 0 Å². The van der Waals surface area contributed by atoms with Crippen LogP contribution in [0.3, 0.4) is 0 Å². The first-order valence-electron chi connectivity index (χ1n) is 7.36. The number of hydrogen-bond acceptors (Lipinski definition) is 4. The SMILES string of the molecule is COc1ccc(C2SCC(=O)Nc3ccc(C)cc32)cc1OC. The van der Waals surface area contributed by atoms with Crippen molar-refractivity contribution in [2.24, 2.45) is 0 Å². The average molecular weight is 329 g/mol. The molecule has 5 heteroatoms. The van der Waals surface area contributed by atoms with Gasteiger partial charge in [-0.25, -0.2) is 0 Å². The van der Waals surface area contributed by atoms with Gasteiger partial charge in [0.2, 0.25) is 5.91 Å². The molecule has 2 aromatic carbocycles. The molecule has 0 aromatic heterocycles. The second kappa shape index (κ2) is 6.54. The number of nitrogens with one attached hydrogen (secondary N) is 1. The third kappa shape index (κ3) is 3.15. The first-order valence-corrected chi connectivity index (χ1v) is 8.41. The Kier molecular flexibility index (Phi) is 4.48. The summed E-state index contributed by atoms with van der Waals surface area (Å²) in [5.74, 6) is 1.85. The largest absolute Gasteiger partial charge is 0.493 e. The Hall–Kier alpha value is -2.14. The smallest absolute Gasteiger partial charge is 0.234 e. The molecule has 1 unspecified atom stereocenters. The minimum Gasteiger partial charge on any atom is -0.493 e. The molecule has 0 radical (unpaired) electrons. The highest BCUT2D eigenvalue weighted by Gasteiger charge is 2.25. The Morgan fingerprint density at radius 3 is 2.61 bits per heavy atom. The molecule has 4 nitrogen and oxygen atoms in total. The van der Waals surface area contributed by atoms with Crippen LogP contribution in [0.4, 0.5) is 5.69 Å². The van der Waals surface area contributed by atoms with E-state index in [2.05, 4.69) is 18.3 Å². The molecule has 0 fully saturated rings. The lowest BCUT2D eigenvalue weighted by Crippen LogP contribution is -2.12. The van der Waals surface area contributed by atoms with Crippen molar-refractivity contribution in [1.82, 2.24) is 0 Å². The van der Waals surface area contributed by atoms with Crippen LogP contribution >= 0.6 is 11.8 Å². The third-order valence-corrected chi connectivity index (χ3v) is 5.14. The summed E-state index contributed by atoms with van der Waals surface area (Å²) >= 11 is 1.62. The van der Waals surface area contributed by atoms with E-state index in [9.17, 15) is 4.79 Å². The van der Waals surface area contributed by atoms with Crippen molar-refractivity contribution in [1.29, 1.82) is 0 Å². The normalized spacial score (nSPS) is 17.0. The molecule has 2 aromatic rings. The Bertz CT molecular complexity index is 745. The Morgan fingerprint density at radius 1 is 1.09 bits per heavy atom. The molecule has 1 N–H and O–H groups in total. The number of thioether (sulfide) groups is 1. The summed E-state index contributed by atoms with van der Waals surface area (Å²) in [4.78, 5) is 12.0. The number of benzene rings is 2. The fourth-order valence-corrected chi connectivity index (χ4v) is 3.84. The second-order valence-corrected chi connectivity index (χ2v) is 6.54. The molecule has 0 bridgehead atoms. The summed E-state index contributed by atoms with van der Waals surface area (Å²) in [5, 5.41) is 3.06. The van der Waals surface area contributed by atoms with E-state index >= 15 is 0 Å². The van der Waals surface area contributed by atoms with E-state index in [4.69, 9.17) is 9.47 Å². The van der Waals surface area contributed by atoms with Crippen LogP contribution in [0.2, 0.25) is 0 Å². The quantitative estimate of drug-likeness (QED) is 0.931. The van der Waals surface area contributed by atoms with Gasteiger partial charge in [-0.1, -0.05) is 23.8 Å². The molecule has 1 atom stereocenters. The molecule has 120 valence electrons. The Balaban J connectivity index is 2.09. The molecule has 0 saturated carbocycles. The van der Waals surface area contributed by atoms with Gasteiger partial charge in [-0.3, -0.25) is 4.79 Å². The van der Waals surface area contributed by atoms with Crippen molar-refractivity contribution >= 4 is 23.4 Å². The minimum atomic E-state index is 0.0306. The van der Waals surface area contributed by atoms with Crippen molar-refractivity contribution in [2.45, 2.75) is 12.2 Å². The van der Waals surface area contributed by atoms with E-state index in [1.807, 2.05) is 30.3 Å². The summed E-state index contributed by atoms with van der Waals surface area (Å²) in [5.41, 5.74) is 4.26. The maximum Gasteiger partial charge on any atom is 0.234 e. The number of methoxy groups -OCH3 is 2. The number of fused-ring (bicyclic) bond motifs is 1. The van der Waals surface area contributed by atoms with Crippen LogP contribution in [-0.4, -0.2) is 25.9 Å². The van der Waals surface area contributed by atoms with E-state index < -0.39 is 0 Å². The van der Waals surface area contributed by atoms with Crippen LogP contribution in [0.15, 0.2) is 36.4 Å². The summed E-state index contributed by atoms with van der Waals surface area (Å²) in [6, 6.07) is 12.0. The molecule has 3 rings (SSSR count). The van der Waals surface area contributed by atoms with Crippen molar-refractivity contribution < 1.29 is 14.3 Å². The Morgan fingerprint density at radius 2 is 1.87 bits per heavy atom. The summed E-state index contributed by atoms with van der Waals surface area (Å²) in [7, 11) is 3.25. The highest BCUT2D eigenvalue weighted by molar-refractivity contribution is 8.00. The van der Waals surface area contributed by atoms with Crippen molar-refractivity contribution in [3.8, 4) is 11.5 Å². The van der Waals surface area contributed by atoms with Gasteiger partial charge >= 0.3 is 0 Å². The number of amides is 1. The molecule has 1 aliphatic rings. The number of aryl methyl sites for hydroxylation is 1. The summed E-state index contributed by atoms with van der Waals surface area (Å²) < 4.78 is 10.7. The lowest BCUT2D eigenvalue weighted by molar-refractivity contribution is -0.113. The molecule has 1 amide bonds. The number of hydrogen-bond donors (Lipinski definition) is 1. The molecule has 1 aliphatic heterocycles. The van der Waals surface area contributed by atoms with Gasteiger partial charge < -0.3 is 14.8 Å². The highest BCUT2D eigenvalue weighted by atomic mass is 32.2. The molecular formula is C18H19NO3S. The maximum absolute atomic E-state index is 12.0. The summed E-state index contributed by atoms with van der Waals surface area (Å²) in [6.07, 6.45) is 0. The van der Waals surface area contributed by atoms with Gasteiger partial charge in [0.1, 0.15) is 0 Å². The molecule has 0 spiro atoms. The van der Waals surface area contributed by atoms with E-state index in [0.717, 1.165) is 16.8 Å². The highest BCUT2D eigenvalue weighted by Crippen LogP contribution is 2.43. The number of carbonyl (C=O) groups is 1. The lowest BCUT2D eigenvalue weighted by Gasteiger charge is -2.19. The monoisotopic (exact) mass is 329 g/mol. The minimum absolute atomic E-state index is 0.0306. The van der Waals surface area contributed by atoms with Crippen molar-refractivity contribution in [3.05, 3.63) is 53.1 Å². The summed E-state index contributed by atoms with van der Waals surface area (Å²) in [6.45, 7) is 2.06. The fourth-order valence-electron chi connectivity index (χ4n) is 2.74. The Labute approximate surface area is 140 Å². The number of ether oxygens (including phenoxy) is 2. The molecular weight excluding hydrogens is 310 g/mol. The third-order valence-electron chi connectivity index (χ3n) is 3.86. The van der Waals surface area contributed by atoms with E-state index in [0.29, 0.717) is 17.3 Å². The van der Waals surface area contributed by atoms with E-state index in [-0.39, 0.29) is 11.2 Å². The predicted octanol–water partition coefficient (Wildman–Crippen LogP) is 3.79. The zero-order valence-electron chi connectivity index (χ0n) is 13.4. The zero-order valence-corrected chi connectivity index (χ0v) is 14.2. The number of anilines is 1. The van der Waals surface area contributed by atoms with Crippen LogP contribution in [0, 0.1) is 6.92 Å². The molecule has 0 aliphatic carbocycles. The number of carbonyl (C=O) groups excluding carboxylic acids is 1. The van der Waals surface area contributed by atoms with Crippen LogP contribution in [-0.2, 0) is 4.79 Å². The van der Waals surface area contributed by atoms with Crippen molar-refractivity contribution in [3.63, 3.8) is 0 Å². The maximum atomic E-state index is 12.0. The van der Waals surface area contributed by atoms with Gasteiger partial charge in [-0.05, 0) is 36.2 Å². The van der Waals surface area contributed by atoms with Crippen LogP contribution in [0.5, 0.6) is 11.5 Å². The molecule has 23 heavy (non-hydrogen) atoms. The molecule has 0 saturated heterocycles. The topological polar surface area (TPSA) is 47.6 Å². The van der Waals surface area contributed by atoms with Gasteiger partial charge in [-0.2, -0.15) is 0 Å². The van der Waals surface area contributed by atoms with Gasteiger partial charge in [0, 0.05) is 5.69 Å². The van der Waals surface area contributed by atoms with Crippen LogP contribution in [0.1, 0.15) is 21.9 Å². The van der Waals surface area contributed by atoms with E-state index in [1.165, 1.54) is 5.56 Å². The van der Waals surface area contributed by atoms with E-state index in [1.54, 1.807) is 26.0 Å². The van der Waals surface area contributed by atoms with Gasteiger partial charge in [0.25, 0.3) is 0 Å². The van der Waals surface area contributed by atoms with Gasteiger partial charge in [0.05, 0.1) is 25.2 Å². The first kappa shape index (κ1) is 15.7.